The minimum absolute atomic E-state index is 0.156. The molecule has 1 fully saturated rings. The maximum absolute atomic E-state index is 12.7. The van der Waals surface area contributed by atoms with Gasteiger partial charge in [0.2, 0.25) is 0 Å². The molecule has 0 atom stereocenters. The summed E-state index contributed by atoms with van der Waals surface area (Å²) in [5.74, 6) is -0.197. The Labute approximate surface area is 150 Å². The van der Waals surface area contributed by atoms with Gasteiger partial charge < -0.3 is 10.2 Å². The molecule has 1 aliphatic heterocycles. The molecule has 134 valence electrons. The molecule has 0 spiro atoms. The summed E-state index contributed by atoms with van der Waals surface area (Å²) < 4.78 is 1.33. The van der Waals surface area contributed by atoms with E-state index in [0.717, 1.165) is 31.5 Å². The fourth-order valence-electron chi connectivity index (χ4n) is 3.36. The number of rotatable bonds is 3. The number of aromatic nitrogens is 3. The Morgan fingerprint density at radius 2 is 1.96 bits per heavy atom. The molecule has 3 aromatic rings. The number of nitrogens with zero attached hydrogens (tertiary/aromatic N) is 3. The molecule has 1 amide bonds. The molecule has 1 aromatic carbocycles. The van der Waals surface area contributed by atoms with Crippen molar-refractivity contribution in [3.63, 3.8) is 0 Å². The zero-order valence-corrected chi connectivity index (χ0v) is 14.6. The van der Waals surface area contributed by atoms with E-state index in [9.17, 15) is 9.59 Å². The molecule has 7 nitrogen and oxygen atoms in total. The van der Waals surface area contributed by atoms with Crippen molar-refractivity contribution in [2.45, 2.75) is 18.9 Å². The van der Waals surface area contributed by atoms with Crippen LogP contribution in [0.25, 0.3) is 16.8 Å². The molecule has 26 heavy (non-hydrogen) atoms. The minimum Gasteiger partial charge on any atom is -0.349 e. The molecular formula is C19H21N5O2. The van der Waals surface area contributed by atoms with Crippen molar-refractivity contribution in [2.75, 3.05) is 20.1 Å². The number of hydrogen-bond acceptors (Lipinski definition) is 4. The number of carbonyl (C=O) groups is 1. The second-order valence-corrected chi connectivity index (χ2v) is 6.74. The van der Waals surface area contributed by atoms with E-state index in [4.69, 9.17) is 0 Å². The second-order valence-electron chi connectivity index (χ2n) is 6.74. The van der Waals surface area contributed by atoms with Crippen LogP contribution >= 0.6 is 0 Å². The van der Waals surface area contributed by atoms with Crippen LogP contribution in [-0.2, 0) is 0 Å². The third-order valence-electron chi connectivity index (χ3n) is 4.92. The van der Waals surface area contributed by atoms with Gasteiger partial charge in [-0.15, -0.1) is 0 Å². The van der Waals surface area contributed by atoms with Crippen LogP contribution in [0.4, 0.5) is 0 Å². The summed E-state index contributed by atoms with van der Waals surface area (Å²) in [6, 6.07) is 9.53. The van der Waals surface area contributed by atoms with Gasteiger partial charge in [-0.05, 0) is 38.5 Å². The van der Waals surface area contributed by atoms with Crippen LogP contribution in [0.1, 0.15) is 23.2 Å². The summed E-state index contributed by atoms with van der Waals surface area (Å²) in [6.07, 6.45) is 4.93. The van der Waals surface area contributed by atoms with Crippen molar-refractivity contribution >= 4 is 11.6 Å². The van der Waals surface area contributed by atoms with E-state index < -0.39 is 0 Å². The fourth-order valence-corrected chi connectivity index (χ4v) is 3.36. The zero-order chi connectivity index (χ0) is 18.1. The molecule has 7 heteroatoms. The average molecular weight is 351 g/mol. The van der Waals surface area contributed by atoms with Crippen molar-refractivity contribution in [3.05, 3.63) is 58.6 Å². The number of nitrogens with one attached hydrogen (secondary N) is 2. The van der Waals surface area contributed by atoms with Crippen molar-refractivity contribution in [3.8, 4) is 11.1 Å². The van der Waals surface area contributed by atoms with E-state index in [1.54, 1.807) is 6.20 Å². The Morgan fingerprint density at radius 1 is 1.23 bits per heavy atom. The van der Waals surface area contributed by atoms with Crippen molar-refractivity contribution in [1.82, 2.24) is 24.8 Å². The van der Waals surface area contributed by atoms with Crippen molar-refractivity contribution in [2.24, 2.45) is 0 Å². The van der Waals surface area contributed by atoms with Gasteiger partial charge in [-0.3, -0.25) is 14.7 Å². The summed E-state index contributed by atoms with van der Waals surface area (Å²) in [6.45, 7) is 1.94. The van der Waals surface area contributed by atoms with Crippen LogP contribution in [0, 0.1) is 0 Å². The fraction of sp³-hybridized carbons (Fsp3) is 0.316. The predicted molar refractivity (Wildman–Crippen MR) is 99.2 cm³/mol. The standard InChI is InChI=1S/C19H21N5O2/c1-23-9-7-14(8-10-23)22-18(25)16-12-21-24-17(16)20-11-15(19(24)26)13-5-3-2-4-6-13/h2-6,11-12,14,21H,7-10H2,1H3,(H,22,25). The van der Waals surface area contributed by atoms with Gasteiger partial charge in [0.25, 0.3) is 11.5 Å². The van der Waals surface area contributed by atoms with E-state index in [1.165, 1.54) is 10.7 Å². The Kier molecular flexibility index (Phi) is 4.30. The number of hydrogen-bond donors (Lipinski definition) is 2. The predicted octanol–water partition coefficient (Wildman–Crippen LogP) is 1.51. The molecule has 4 rings (SSSR count). The lowest BCUT2D eigenvalue weighted by molar-refractivity contribution is 0.0918. The molecule has 0 saturated carbocycles. The highest BCUT2D eigenvalue weighted by atomic mass is 16.2. The number of fused-ring (bicyclic) bond motifs is 1. The van der Waals surface area contributed by atoms with Gasteiger partial charge in [0.1, 0.15) is 5.56 Å². The monoisotopic (exact) mass is 351 g/mol. The Bertz CT molecular complexity index is 984. The molecule has 2 N–H and O–H groups in total. The Morgan fingerprint density at radius 3 is 2.69 bits per heavy atom. The van der Waals surface area contributed by atoms with Crippen LogP contribution < -0.4 is 10.9 Å². The highest BCUT2D eigenvalue weighted by Crippen LogP contribution is 2.16. The maximum Gasteiger partial charge on any atom is 0.280 e. The van der Waals surface area contributed by atoms with E-state index >= 15 is 0 Å². The SMILES string of the molecule is CN1CCC(NC(=O)c2c[nH]n3c(=O)c(-c4ccccc4)cnc23)CC1. The lowest BCUT2D eigenvalue weighted by atomic mass is 10.1. The maximum atomic E-state index is 12.7. The molecule has 0 bridgehead atoms. The van der Waals surface area contributed by atoms with Gasteiger partial charge in [0.15, 0.2) is 5.65 Å². The largest absolute Gasteiger partial charge is 0.349 e. The van der Waals surface area contributed by atoms with Gasteiger partial charge in [0, 0.05) is 18.4 Å². The molecular weight excluding hydrogens is 330 g/mol. The third-order valence-corrected chi connectivity index (χ3v) is 4.92. The summed E-state index contributed by atoms with van der Waals surface area (Å²) >= 11 is 0. The summed E-state index contributed by atoms with van der Waals surface area (Å²) in [7, 11) is 2.08. The molecule has 3 heterocycles. The third kappa shape index (κ3) is 3.01. The molecule has 1 aliphatic rings. The summed E-state index contributed by atoms with van der Waals surface area (Å²) in [4.78, 5) is 32.0. The van der Waals surface area contributed by atoms with Gasteiger partial charge in [-0.2, -0.15) is 0 Å². The number of piperidine rings is 1. The first-order valence-electron chi connectivity index (χ1n) is 8.77. The number of amides is 1. The van der Waals surface area contributed by atoms with E-state index in [2.05, 4.69) is 27.3 Å². The van der Waals surface area contributed by atoms with Crippen LogP contribution in [-0.4, -0.2) is 51.6 Å². The van der Waals surface area contributed by atoms with E-state index in [1.807, 2.05) is 30.3 Å². The number of likely N-dealkylation sites (tertiary alicyclic amines) is 1. The average Bonchev–Trinajstić information content (AvgIpc) is 3.10. The molecule has 1 saturated heterocycles. The molecule has 0 radical (unpaired) electrons. The highest BCUT2D eigenvalue weighted by molar-refractivity contribution is 5.99. The topological polar surface area (TPSA) is 82.5 Å². The normalized spacial score (nSPS) is 16.0. The number of carbonyl (C=O) groups excluding carboxylic acids is 1. The smallest absolute Gasteiger partial charge is 0.280 e. The number of H-pyrrole nitrogens is 1. The van der Waals surface area contributed by atoms with E-state index in [0.29, 0.717) is 16.8 Å². The lowest BCUT2D eigenvalue weighted by Crippen LogP contribution is -2.43. The first kappa shape index (κ1) is 16.5. The van der Waals surface area contributed by atoms with Crippen LogP contribution in [0.3, 0.4) is 0 Å². The van der Waals surface area contributed by atoms with Gasteiger partial charge in [-0.1, -0.05) is 30.3 Å². The minimum atomic E-state index is -0.223. The van der Waals surface area contributed by atoms with Gasteiger partial charge >= 0.3 is 0 Å². The van der Waals surface area contributed by atoms with Crippen LogP contribution in [0.15, 0.2) is 47.5 Å². The first-order chi connectivity index (χ1) is 12.6. The van der Waals surface area contributed by atoms with Crippen molar-refractivity contribution < 1.29 is 4.79 Å². The molecule has 2 aromatic heterocycles. The Balaban J connectivity index is 1.62. The van der Waals surface area contributed by atoms with Crippen molar-refractivity contribution in [1.29, 1.82) is 0 Å². The van der Waals surface area contributed by atoms with Gasteiger partial charge in [-0.25, -0.2) is 9.50 Å². The van der Waals surface area contributed by atoms with E-state index in [-0.39, 0.29) is 17.5 Å². The number of aromatic amines is 1. The van der Waals surface area contributed by atoms with Crippen LogP contribution in [0.5, 0.6) is 0 Å². The first-order valence-corrected chi connectivity index (χ1v) is 8.77. The molecule has 0 aliphatic carbocycles. The quantitative estimate of drug-likeness (QED) is 0.749. The zero-order valence-electron chi connectivity index (χ0n) is 14.6. The van der Waals surface area contributed by atoms with Gasteiger partial charge in [0.05, 0.1) is 5.56 Å². The lowest BCUT2D eigenvalue weighted by Gasteiger charge is -2.29. The second kappa shape index (κ2) is 6.76. The highest BCUT2D eigenvalue weighted by Gasteiger charge is 2.22. The summed E-state index contributed by atoms with van der Waals surface area (Å²) in [5, 5.41) is 5.92. The van der Waals surface area contributed by atoms with Crippen LogP contribution in [0.2, 0.25) is 0 Å². The Hall–Kier alpha value is -2.93. The molecule has 0 unspecified atom stereocenters. The summed E-state index contributed by atoms with van der Waals surface area (Å²) in [5.41, 5.74) is 1.80. The number of benzene rings is 1.